The number of nitrogens with two attached hydrogens (primary N) is 2. The number of nitrogens with zero attached hydrogens (tertiary/aromatic N) is 7. The molecule has 0 bridgehead atoms. The largest absolute Gasteiger partial charge is 0.582 e. The van der Waals surface area contributed by atoms with Gasteiger partial charge in [0.25, 0.3) is 5.56 Å². The number of aliphatic hydroxyl groups is 2. The number of nitrogen functional groups attached to an aromatic ring is 2. The summed E-state index contributed by atoms with van der Waals surface area (Å²) in [5.41, 5.74) is 9.37. The number of aromatic nitrogens is 8. The lowest BCUT2D eigenvalue weighted by molar-refractivity contribution is -0.110. The van der Waals surface area contributed by atoms with Crippen LogP contribution in [0.4, 0.5) is 16.2 Å². The fourth-order valence-corrected chi connectivity index (χ4v) is 7.60. The third kappa shape index (κ3) is 5.91. The summed E-state index contributed by atoms with van der Waals surface area (Å²) in [5, 5.41) is 20.9. The number of nitrogens with one attached hydrogen (secondary N) is 1. The van der Waals surface area contributed by atoms with E-state index in [0.29, 0.717) is 0 Å². The monoisotopic (exact) mass is 723 g/mol. The summed E-state index contributed by atoms with van der Waals surface area (Å²) in [6.07, 6.45) is -7.17. The number of rotatable bonds is 10. The van der Waals surface area contributed by atoms with E-state index in [1.54, 1.807) is 0 Å². The topological polar surface area (TPSA) is 283 Å². The van der Waals surface area contributed by atoms with E-state index >= 15 is 4.39 Å². The number of aromatic amines is 1. The van der Waals surface area contributed by atoms with E-state index in [1.165, 1.54) is 24.1 Å². The van der Waals surface area contributed by atoms with Gasteiger partial charge in [-0.25, -0.2) is 24.3 Å². The van der Waals surface area contributed by atoms with Crippen LogP contribution in [0.5, 0.6) is 0 Å². The first-order chi connectivity index (χ1) is 21.7. The lowest BCUT2D eigenvalue weighted by Crippen LogP contribution is -2.45. The molecule has 25 heteroatoms. The highest BCUT2D eigenvalue weighted by atomic mass is 32.7. The predicted molar refractivity (Wildman–Crippen MR) is 162 cm³/mol. The zero-order valence-electron chi connectivity index (χ0n) is 23.3. The molecule has 8 N–H and O–H groups in total. The van der Waals surface area contributed by atoms with E-state index < -0.39 is 81.4 Å². The molecule has 2 fully saturated rings. The minimum atomic E-state index is -4.42. The molecule has 4 aromatic heterocycles. The Morgan fingerprint density at radius 1 is 1.22 bits per heavy atom. The summed E-state index contributed by atoms with van der Waals surface area (Å²) < 4.78 is 58.3. The third-order valence-corrected chi connectivity index (χ3v) is 9.63. The Bertz CT molecular complexity index is 1920. The van der Waals surface area contributed by atoms with Crippen molar-refractivity contribution in [3.8, 4) is 0 Å². The van der Waals surface area contributed by atoms with Crippen LogP contribution in [0.25, 0.3) is 22.3 Å². The van der Waals surface area contributed by atoms with Crippen molar-refractivity contribution in [3.05, 3.63) is 29.3 Å². The summed E-state index contributed by atoms with van der Waals surface area (Å²) in [4.78, 5) is 45.8. The molecule has 10 unspecified atom stereocenters. The van der Waals surface area contributed by atoms with Crippen molar-refractivity contribution in [2.45, 2.75) is 55.6 Å². The minimum Gasteiger partial charge on any atom is -0.394 e. The van der Waals surface area contributed by atoms with Crippen LogP contribution >= 0.6 is 26.2 Å². The fourth-order valence-electron chi connectivity index (χ4n) is 5.29. The number of H-pyrrole nitrogens is 1. The summed E-state index contributed by atoms with van der Waals surface area (Å²) in [6, 6.07) is 0. The van der Waals surface area contributed by atoms with Crippen LogP contribution in [-0.2, 0) is 39.4 Å². The lowest BCUT2D eigenvalue weighted by atomic mass is 9.99. The molecule has 0 radical (unpaired) electrons. The molecule has 0 saturated carbocycles. The van der Waals surface area contributed by atoms with Gasteiger partial charge < -0.3 is 40.6 Å². The van der Waals surface area contributed by atoms with Gasteiger partial charge in [-0.3, -0.25) is 23.4 Å². The van der Waals surface area contributed by atoms with Gasteiger partial charge in [0, 0.05) is 0 Å². The number of hydrogen-bond acceptors (Lipinski definition) is 17. The van der Waals surface area contributed by atoms with E-state index in [-0.39, 0.29) is 34.1 Å². The number of fused-ring (bicyclic) bond motifs is 2. The molecule has 248 valence electrons. The molecule has 6 heterocycles. The Kier molecular flexibility index (Phi) is 8.89. The normalized spacial score (nSPS) is 31.5. The van der Waals surface area contributed by atoms with Gasteiger partial charge in [-0.2, -0.15) is 4.98 Å². The SMILES string of the molecule is CC1(COP(O)(=S)OC2C(F)C(CO)OC2n2cnc3c(=O)[nH]c(N)nc32)OC(n2cnc3c(N)ncnc32)C(O)C1O[P+](=O)S. The van der Waals surface area contributed by atoms with Crippen molar-refractivity contribution in [3.63, 3.8) is 0 Å². The number of anilines is 2. The van der Waals surface area contributed by atoms with Crippen molar-refractivity contribution in [1.82, 2.24) is 39.0 Å². The lowest BCUT2D eigenvalue weighted by Gasteiger charge is -2.30. The average molecular weight is 724 g/mol. The Labute approximate surface area is 267 Å². The Hall–Kier alpha value is -2.79. The second-order valence-corrected chi connectivity index (χ2v) is 14.9. The van der Waals surface area contributed by atoms with Gasteiger partial charge in [-0.05, 0) is 23.3 Å². The van der Waals surface area contributed by atoms with Crippen LogP contribution in [0.15, 0.2) is 23.8 Å². The van der Waals surface area contributed by atoms with E-state index in [0.717, 1.165) is 10.9 Å². The third-order valence-electron chi connectivity index (χ3n) is 7.40. The summed E-state index contributed by atoms with van der Waals surface area (Å²) >= 11 is 8.99. The van der Waals surface area contributed by atoms with Gasteiger partial charge in [-0.15, -0.1) is 4.52 Å². The number of hydrogen-bond donors (Lipinski definition) is 7. The molecule has 10 atom stereocenters. The van der Waals surface area contributed by atoms with Crippen LogP contribution in [0.1, 0.15) is 19.4 Å². The average Bonchev–Trinajstić information content (AvgIpc) is 3.74. The molecule has 0 aliphatic carbocycles. The highest BCUT2D eigenvalue weighted by molar-refractivity contribution is 8.39. The Morgan fingerprint density at radius 2 is 1.91 bits per heavy atom. The van der Waals surface area contributed by atoms with E-state index in [1.807, 2.05) is 0 Å². The maximum Gasteiger partial charge on any atom is 0.582 e. The number of thiol groups is 1. The molecule has 20 nitrogen and oxygen atoms in total. The zero-order valence-corrected chi connectivity index (χ0v) is 26.8. The first-order valence-electron chi connectivity index (χ1n) is 13.1. The molecule has 46 heavy (non-hydrogen) atoms. The van der Waals surface area contributed by atoms with Crippen molar-refractivity contribution in [2.75, 3.05) is 24.7 Å². The Morgan fingerprint density at radius 3 is 2.61 bits per heavy atom. The van der Waals surface area contributed by atoms with Crippen LogP contribution in [-0.4, -0.2) is 104 Å². The van der Waals surface area contributed by atoms with Crippen molar-refractivity contribution in [2.24, 2.45) is 0 Å². The number of aliphatic hydroxyl groups excluding tert-OH is 2. The van der Waals surface area contributed by atoms with Gasteiger partial charge >= 0.3 is 13.9 Å². The van der Waals surface area contributed by atoms with E-state index in [9.17, 15) is 24.5 Å². The van der Waals surface area contributed by atoms with Crippen LogP contribution in [0.3, 0.4) is 0 Å². The standard InChI is InChI=1S/C21H25FN10O10P2S2/c1-21(13(41-43(36)45)11(34)18(40-21)31-5-27-9-14(23)25-4-26-15(9)31)3-38-44(37,46)42-12-8(22)7(2-33)39-19(12)32-6-28-10-16(32)29-20(24)30-17(10)35/h4-8,11-13,18-19,33-34H,2-3H2,1H3,(H6-,23,24,25,26,29,30,35,36,37,45,46)/p+1. The fraction of sp³-hybridized carbons (Fsp3) is 0.524. The zero-order chi connectivity index (χ0) is 33.1. The summed E-state index contributed by atoms with van der Waals surface area (Å²) in [6.45, 7) is -4.42. The Balaban J connectivity index is 1.25. The van der Waals surface area contributed by atoms with Gasteiger partial charge in [-0.1, -0.05) is 0 Å². The molecule has 0 spiro atoms. The molecule has 0 amide bonds. The van der Waals surface area contributed by atoms with Crippen LogP contribution in [0.2, 0.25) is 0 Å². The molecule has 2 aliphatic rings. The molecular weight excluding hydrogens is 697 g/mol. The maximum absolute atomic E-state index is 15.5. The summed E-state index contributed by atoms with van der Waals surface area (Å²) in [7, 11) is -2.59. The van der Waals surface area contributed by atoms with E-state index in [4.69, 9.17) is 46.3 Å². The molecule has 0 aromatic carbocycles. The number of halogens is 1. The van der Waals surface area contributed by atoms with Gasteiger partial charge in [0.05, 0.1) is 25.9 Å². The van der Waals surface area contributed by atoms with Crippen molar-refractivity contribution < 1.29 is 47.1 Å². The maximum atomic E-state index is 15.5. The molecule has 6 rings (SSSR count). The highest BCUT2D eigenvalue weighted by Crippen LogP contribution is 2.53. The molecule has 2 saturated heterocycles. The smallest absolute Gasteiger partial charge is 0.394 e. The van der Waals surface area contributed by atoms with Gasteiger partial charge in [0.15, 0.2) is 47.4 Å². The minimum absolute atomic E-state index is 0.0743. The first-order valence-corrected chi connectivity index (χ1v) is 18.1. The van der Waals surface area contributed by atoms with Crippen LogP contribution in [0, 0.1) is 0 Å². The number of ether oxygens (including phenoxy) is 2. The van der Waals surface area contributed by atoms with Crippen molar-refractivity contribution >= 4 is 72.1 Å². The van der Waals surface area contributed by atoms with Crippen molar-refractivity contribution in [1.29, 1.82) is 0 Å². The summed E-state index contributed by atoms with van der Waals surface area (Å²) in [5.74, 6) is -0.185. The first kappa shape index (κ1) is 33.1. The number of imidazole rings is 2. The number of alkyl halides is 1. The highest BCUT2D eigenvalue weighted by Gasteiger charge is 2.58. The predicted octanol–water partition coefficient (Wildman–Crippen LogP) is -0.409. The van der Waals surface area contributed by atoms with E-state index in [2.05, 4.69) is 42.2 Å². The quantitative estimate of drug-likeness (QED) is 0.0809. The molecule has 2 aliphatic heterocycles. The second kappa shape index (κ2) is 12.3. The second-order valence-electron chi connectivity index (χ2n) is 10.4. The van der Waals surface area contributed by atoms with Crippen LogP contribution < -0.4 is 17.0 Å². The molecule has 4 aromatic rings. The molecular formula is C21H26FN10O10P2S2+. The van der Waals surface area contributed by atoms with Gasteiger partial charge in [0.2, 0.25) is 5.95 Å². The van der Waals surface area contributed by atoms with Gasteiger partial charge in [0.1, 0.15) is 48.0 Å².